The number of allylic oxidation sites excluding steroid dienone is 2. The van der Waals surface area contributed by atoms with Gasteiger partial charge in [-0.3, -0.25) is 9.59 Å². The van der Waals surface area contributed by atoms with Crippen molar-refractivity contribution in [1.82, 2.24) is 0 Å². The predicted molar refractivity (Wildman–Crippen MR) is 92.9 cm³/mol. The van der Waals surface area contributed by atoms with Crippen LogP contribution in [0.2, 0.25) is 0 Å². The van der Waals surface area contributed by atoms with Crippen LogP contribution in [0, 0.1) is 30.6 Å². The fourth-order valence-corrected chi connectivity index (χ4v) is 4.05. The molecule has 4 rings (SSSR count). The first-order chi connectivity index (χ1) is 12.0. The molecule has 1 aromatic carbocycles. The van der Waals surface area contributed by atoms with Crippen LogP contribution in [0.15, 0.2) is 53.0 Å². The zero-order chi connectivity index (χ0) is 17.6. The highest BCUT2D eigenvalue weighted by atomic mass is 16.4. The molecule has 1 saturated carbocycles. The van der Waals surface area contributed by atoms with E-state index in [1.54, 1.807) is 0 Å². The lowest BCUT2D eigenvalue weighted by atomic mass is 9.82. The SMILES string of the molecule is Cc1ccc(-c2ccc(NC(=O)[C@@H]3[C@@H](C(=O)O)[C@@H]4C=C[C@@H]3C4)cc2)o1. The van der Waals surface area contributed by atoms with Crippen LogP contribution in [0.1, 0.15) is 12.2 Å². The number of aliphatic carboxylic acids is 1. The maximum Gasteiger partial charge on any atom is 0.307 e. The smallest absolute Gasteiger partial charge is 0.307 e. The molecule has 5 heteroatoms. The minimum absolute atomic E-state index is 0.0245. The van der Waals surface area contributed by atoms with E-state index in [0.29, 0.717) is 5.69 Å². The molecule has 1 fully saturated rings. The Morgan fingerprint density at radius 2 is 1.72 bits per heavy atom. The number of carbonyl (C=O) groups excluding carboxylic acids is 1. The highest BCUT2D eigenvalue weighted by Gasteiger charge is 2.51. The van der Waals surface area contributed by atoms with Gasteiger partial charge in [-0.25, -0.2) is 0 Å². The predicted octanol–water partition coefficient (Wildman–Crippen LogP) is 3.72. The Labute approximate surface area is 145 Å². The number of fused-ring (bicyclic) bond motifs is 2. The topological polar surface area (TPSA) is 79.5 Å². The molecule has 2 bridgehead atoms. The van der Waals surface area contributed by atoms with Crippen molar-refractivity contribution in [2.24, 2.45) is 23.7 Å². The Hall–Kier alpha value is -2.82. The van der Waals surface area contributed by atoms with Crippen molar-refractivity contribution >= 4 is 17.6 Å². The average Bonchev–Trinajstić information content (AvgIpc) is 3.30. The molecule has 2 aromatic rings. The van der Waals surface area contributed by atoms with E-state index in [1.165, 1.54) is 0 Å². The summed E-state index contributed by atoms with van der Waals surface area (Å²) in [5, 5.41) is 12.3. The molecule has 4 atom stereocenters. The van der Waals surface area contributed by atoms with E-state index >= 15 is 0 Å². The first-order valence-electron chi connectivity index (χ1n) is 8.42. The molecule has 0 aliphatic heterocycles. The van der Waals surface area contributed by atoms with Gasteiger partial charge in [-0.05, 0) is 61.6 Å². The van der Waals surface area contributed by atoms with Crippen LogP contribution in [0.25, 0.3) is 11.3 Å². The lowest BCUT2D eigenvalue weighted by Crippen LogP contribution is -2.36. The summed E-state index contributed by atoms with van der Waals surface area (Å²) >= 11 is 0. The summed E-state index contributed by atoms with van der Waals surface area (Å²) in [5.41, 5.74) is 1.59. The number of carboxylic acid groups (broad SMARTS) is 1. The van der Waals surface area contributed by atoms with Gasteiger partial charge in [0.1, 0.15) is 11.5 Å². The van der Waals surface area contributed by atoms with Crippen LogP contribution < -0.4 is 5.32 Å². The highest BCUT2D eigenvalue weighted by molar-refractivity contribution is 5.96. The van der Waals surface area contributed by atoms with Crippen molar-refractivity contribution in [3.05, 3.63) is 54.3 Å². The number of hydrogen-bond donors (Lipinski definition) is 2. The Morgan fingerprint density at radius 3 is 2.32 bits per heavy atom. The number of benzene rings is 1. The maximum absolute atomic E-state index is 12.7. The lowest BCUT2D eigenvalue weighted by Gasteiger charge is -2.23. The van der Waals surface area contributed by atoms with Crippen molar-refractivity contribution in [1.29, 1.82) is 0 Å². The molecule has 5 nitrogen and oxygen atoms in total. The molecule has 1 amide bonds. The normalized spacial score (nSPS) is 26.8. The number of carbonyl (C=O) groups is 2. The number of aryl methyl sites for hydroxylation is 1. The summed E-state index contributed by atoms with van der Waals surface area (Å²) in [4.78, 5) is 24.2. The summed E-state index contributed by atoms with van der Waals surface area (Å²) in [6.45, 7) is 1.89. The van der Waals surface area contributed by atoms with E-state index in [0.717, 1.165) is 23.5 Å². The van der Waals surface area contributed by atoms with Crippen molar-refractivity contribution in [2.45, 2.75) is 13.3 Å². The molecule has 25 heavy (non-hydrogen) atoms. The maximum atomic E-state index is 12.7. The second-order valence-corrected chi connectivity index (χ2v) is 6.82. The van der Waals surface area contributed by atoms with E-state index < -0.39 is 17.8 Å². The van der Waals surface area contributed by atoms with Gasteiger partial charge in [-0.2, -0.15) is 0 Å². The van der Waals surface area contributed by atoms with E-state index in [2.05, 4.69) is 5.32 Å². The van der Waals surface area contributed by atoms with Crippen molar-refractivity contribution in [3.63, 3.8) is 0 Å². The Bertz CT molecular complexity index is 849. The summed E-state index contributed by atoms with van der Waals surface area (Å²) in [5.74, 6) is -0.609. The van der Waals surface area contributed by atoms with Gasteiger partial charge < -0.3 is 14.8 Å². The molecule has 0 unspecified atom stereocenters. The first kappa shape index (κ1) is 15.7. The molecule has 0 radical (unpaired) electrons. The fraction of sp³-hybridized carbons (Fsp3) is 0.300. The van der Waals surface area contributed by atoms with Crippen LogP contribution in [-0.2, 0) is 9.59 Å². The Kier molecular flexibility index (Phi) is 3.71. The number of nitrogens with one attached hydrogen (secondary N) is 1. The van der Waals surface area contributed by atoms with Gasteiger partial charge in [0.2, 0.25) is 5.91 Å². The largest absolute Gasteiger partial charge is 0.481 e. The molecule has 2 aliphatic carbocycles. The molecule has 1 heterocycles. The van der Waals surface area contributed by atoms with Crippen LogP contribution in [0.4, 0.5) is 5.69 Å². The Morgan fingerprint density at radius 1 is 1.04 bits per heavy atom. The van der Waals surface area contributed by atoms with Gasteiger partial charge in [0, 0.05) is 11.3 Å². The lowest BCUT2D eigenvalue weighted by molar-refractivity contribution is -0.146. The fourth-order valence-electron chi connectivity index (χ4n) is 4.05. The molecule has 0 saturated heterocycles. The van der Waals surface area contributed by atoms with Gasteiger partial charge in [-0.15, -0.1) is 0 Å². The van der Waals surface area contributed by atoms with Crippen LogP contribution in [-0.4, -0.2) is 17.0 Å². The number of furan rings is 1. The van der Waals surface area contributed by atoms with E-state index in [1.807, 2.05) is 55.5 Å². The van der Waals surface area contributed by atoms with Gasteiger partial charge in [0.05, 0.1) is 11.8 Å². The zero-order valence-corrected chi connectivity index (χ0v) is 13.8. The average molecular weight is 337 g/mol. The van der Waals surface area contributed by atoms with Crippen molar-refractivity contribution in [2.75, 3.05) is 5.32 Å². The molecule has 2 aliphatic rings. The Balaban J connectivity index is 1.49. The molecule has 1 aromatic heterocycles. The summed E-state index contributed by atoms with van der Waals surface area (Å²) in [7, 11) is 0. The third-order valence-electron chi connectivity index (χ3n) is 5.22. The van der Waals surface area contributed by atoms with E-state index in [4.69, 9.17) is 4.42 Å². The number of anilines is 1. The quantitative estimate of drug-likeness (QED) is 0.834. The van der Waals surface area contributed by atoms with Gasteiger partial charge >= 0.3 is 5.97 Å². The first-order valence-corrected chi connectivity index (χ1v) is 8.42. The van der Waals surface area contributed by atoms with Crippen molar-refractivity contribution < 1.29 is 19.1 Å². The third-order valence-corrected chi connectivity index (χ3v) is 5.22. The van der Waals surface area contributed by atoms with Crippen LogP contribution in [0.3, 0.4) is 0 Å². The van der Waals surface area contributed by atoms with Crippen LogP contribution in [0.5, 0.6) is 0 Å². The van der Waals surface area contributed by atoms with Crippen molar-refractivity contribution in [3.8, 4) is 11.3 Å². The summed E-state index contributed by atoms with van der Waals surface area (Å²) < 4.78 is 5.59. The summed E-state index contributed by atoms with van der Waals surface area (Å²) in [6, 6.07) is 11.2. The second kappa shape index (κ2) is 5.92. The van der Waals surface area contributed by atoms with Crippen LogP contribution >= 0.6 is 0 Å². The van der Waals surface area contributed by atoms with Gasteiger partial charge in [-0.1, -0.05) is 12.2 Å². The van der Waals surface area contributed by atoms with Gasteiger partial charge in [0.25, 0.3) is 0 Å². The van der Waals surface area contributed by atoms with E-state index in [9.17, 15) is 14.7 Å². The molecule has 2 N–H and O–H groups in total. The monoisotopic (exact) mass is 337 g/mol. The minimum atomic E-state index is -0.888. The number of amides is 1. The molecule has 0 spiro atoms. The third kappa shape index (κ3) is 2.76. The highest BCUT2D eigenvalue weighted by Crippen LogP contribution is 2.48. The number of carboxylic acids is 1. The second-order valence-electron chi connectivity index (χ2n) is 6.82. The zero-order valence-electron chi connectivity index (χ0n) is 13.8. The summed E-state index contributed by atoms with van der Waals surface area (Å²) in [6.07, 6.45) is 4.68. The van der Waals surface area contributed by atoms with Gasteiger partial charge in [0.15, 0.2) is 0 Å². The standard InChI is InChI=1S/C20H19NO4/c1-11-2-9-16(25-11)12-5-7-15(8-6-12)21-19(22)17-13-3-4-14(10-13)18(17)20(23)24/h2-9,13-14,17-18H,10H2,1H3,(H,21,22)(H,23,24)/t13-,14-,17+,18+/m1/s1. The minimum Gasteiger partial charge on any atom is -0.481 e. The number of rotatable bonds is 4. The molecular formula is C20H19NO4. The number of hydrogen-bond acceptors (Lipinski definition) is 3. The molecule has 128 valence electrons. The molecular weight excluding hydrogens is 318 g/mol. The van der Waals surface area contributed by atoms with E-state index in [-0.39, 0.29) is 17.7 Å².